The maximum atomic E-state index is 12.3. The van der Waals surface area contributed by atoms with Crippen molar-refractivity contribution in [2.45, 2.75) is 43.9 Å². The van der Waals surface area contributed by atoms with Gasteiger partial charge in [0.05, 0.1) is 10.5 Å². The van der Waals surface area contributed by atoms with E-state index < -0.39 is 10.0 Å². The summed E-state index contributed by atoms with van der Waals surface area (Å²) in [4.78, 5) is 0.0712. The molecule has 0 heterocycles. The summed E-state index contributed by atoms with van der Waals surface area (Å²) in [5.74, 6) is 0. The van der Waals surface area contributed by atoms with Crippen LogP contribution in [0, 0.1) is 16.7 Å². The Labute approximate surface area is 120 Å². The first-order chi connectivity index (χ1) is 9.47. The molecule has 0 saturated heterocycles. The average Bonchev–Trinajstić information content (AvgIpc) is 2.46. The van der Waals surface area contributed by atoms with Crippen molar-refractivity contribution in [3.05, 3.63) is 29.8 Å². The quantitative estimate of drug-likeness (QED) is 0.927. The maximum absolute atomic E-state index is 12.3. The molecule has 1 fully saturated rings. The minimum absolute atomic E-state index is 0.0346. The smallest absolute Gasteiger partial charge is 0.211 e. The Morgan fingerprint density at radius 2 is 1.90 bits per heavy atom. The standard InChI is InChI=1S/C15H20N2O2S/c1-15(9-5-2-6-10-15)12-17-20(18,19)14-8-4-3-7-13(14)11-16/h3-4,7-8,17H,2,5-6,9-10,12H2,1H3. The van der Waals surface area contributed by atoms with Crippen molar-refractivity contribution < 1.29 is 8.42 Å². The molecule has 20 heavy (non-hydrogen) atoms. The molecule has 0 atom stereocenters. The minimum atomic E-state index is -3.61. The van der Waals surface area contributed by atoms with Crippen LogP contribution in [0.4, 0.5) is 0 Å². The highest BCUT2D eigenvalue weighted by Crippen LogP contribution is 2.35. The predicted octanol–water partition coefficient (Wildman–Crippen LogP) is 2.81. The fourth-order valence-electron chi connectivity index (χ4n) is 2.72. The molecular weight excluding hydrogens is 272 g/mol. The van der Waals surface area contributed by atoms with Crippen molar-refractivity contribution in [2.24, 2.45) is 5.41 Å². The zero-order valence-electron chi connectivity index (χ0n) is 11.7. The molecule has 5 heteroatoms. The third-order valence-corrected chi connectivity index (χ3v) is 5.51. The monoisotopic (exact) mass is 292 g/mol. The zero-order chi connectivity index (χ0) is 14.6. The van der Waals surface area contributed by atoms with Gasteiger partial charge in [0.15, 0.2) is 0 Å². The van der Waals surface area contributed by atoms with Crippen LogP contribution in [0.15, 0.2) is 29.2 Å². The van der Waals surface area contributed by atoms with E-state index in [1.165, 1.54) is 18.6 Å². The fourth-order valence-corrected chi connectivity index (χ4v) is 4.08. The van der Waals surface area contributed by atoms with E-state index in [2.05, 4.69) is 11.6 Å². The second kappa shape index (κ2) is 5.94. The van der Waals surface area contributed by atoms with Crippen molar-refractivity contribution in [3.8, 4) is 6.07 Å². The summed E-state index contributed by atoms with van der Waals surface area (Å²) >= 11 is 0. The second-order valence-corrected chi connectivity index (χ2v) is 7.54. The summed E-state index contributed by atoms with van der Waals surface area (Å²) in [6.45, 7) is 2.57. The van der Waals surface area contributed by atoms with E-state index in [0.29, 0.717) is 6.54 Å². The first kappa shape index (κ1) is 15.0. The molecule has 0 aliphatic heterocycles. The highest BCUT2D eigenvalue weighted by Gasteiger charge is 2.29. The van der Waals surface area contributed by atoms with E-state index in [0.717, 1.165) is 25.7 Å². The lowest BCUT2D eigenvalue weighted by Crippen LogP contribution is -2.37. The number of benzene rings is 1. The molecule has 0 bridgehead atoms. The van der Waals surface area contributed by atoms with E-state index in [1.807, 2.05) is 6.07 Å². The summed E-state index contributed by atoms with van der Waals surface area (Å²) in [5, 5.41) is 9.01. The lowest BCUT2D eigenvalue weighted by atomic mass is 9.76. The molecule has 1 saturated carbocycles. The van der Waals surface area contributed by atoms with Gasteiger partial charge in [0.2, 0.25) is 10.0 Å². The van der Waals surface area contributed by atoms with Gasteiger partial charge in [-0.2, -0.15) is 5.26 Å². The molecule has 4 nitrogen and oxygen atoms in total. The van der Waals surface area contributed by atoms with Crippen molar-refractivity contribution in [3.63, 3.8) is 0 Å². The Bertz CT molecular complexity index is 611. The van der Waals surface area contributed by atoms with Crippen molar-refractivity contribution in [1.29, 1.82) is 5.26 Å². The molecular formula is C15H20N2O2S. The van der Waals surface area contributed by atoms with Gasteiger partial charge in [-0.05, 0) is 30.4 Å². The molecule has 1 aromatic rings. The summed E-state index contributed by atoms with van der Waals surface area (Å²) in [6, 6.07) is 8.23. The lowest BCUT2D eigenvalue weighted by Gasteiger charge is -2.33. The van der Waals surface area contributed by atoms with Gasteiger partial charge >= 0.3 is 0 Å². The zero-order valence-corrected chi connectivity index (χ0v) is 12.5. The topological polar surface area (TPSA) is 70.0 Å². The number of sulfonamides is 1. The summed E-state index contributed by atoms with van der Waals surface area (Å²) < 4.78 is 27.4. The fraction of sp³-hybridized carbons (Fsp3) is 0.533. The van der Waals surface area contributed by atoms with E-state index in [4.69, 9.17) is 5.26 Å². The molecule has 1 aliphatic carbocycles. The van der Waals surface area contributed by atoms with Crippen LogP contribution in [0.25, 0.3) is 0 Å². The van der Waals surface area contributed by atoms with E-state index in [9.17, 15) is 8.42 Å². The molecule has 0 spiro atoms. The molecule has 0 aromatic heterocycles. The summed E-state index contributed by atoms with van der Waals surface area (Å²) in [7, 11) is -3.61. The van der Waals surface area contributed by atoms with Crippen molar-refractivity contribution >= 4 is 10.0 Å². The van der Waals surface area contributed by atoms with Gasteiger partial charge < -0.3 is 0 Å². The number of nitriles is 1. The molecule has 1 aromatic carbocycles. The van der Waals surface area contributed by atoms with Crippen LogP contribution in [0.3, 0.4) is 0 Å². The van der Waals surface area contributed by atoms with Crippen LogP contribution >= 0.6 is 0 Å². The Morgan fingerprint density at radius 3 is 2.55 bits per heavy atom. The molecule has 1 N–H and O–H groups in total. The van der Waals surface area contributed by atoms with Crippen LogP contribution in [0.2, 0.25) is 0 Å². The van der Waals surface area contributed by atoms with E-state index in [-0.39, 0.29) is 15.9 Å². The van der Waals surface area contributed by atoms with Gasteiger partial charge in [0, 0.05) is 6.54 Å². The largest absolute Gasteiger partial charge is 0.241 e. The summed E-state index contributed by atoms with van der Waals surface area (Å²) in [5.41, 5.74) is 0.223. The van der Waals surface area contributed by atoms with Gasteiger partial charge in [-0.3, -0.25) is 0 Å². The third-order valence-electron chi connectivity index (χ3n) is 4.05. The normalized spacial score (nSPS) is 18.4. The van der Waals surface area contributed by atoms with E-state index in [1.54, 1.807) is 12.1 Å². The van der Waals surface area contributed by atoms with Crippen molar-refractivity contribution in [2.75, 3.05) is 6.54 Å². The minimum Gasteiger partial charge on any atom is -0.211 e. The van der Waals surface area contributed by atoms with Gasteiger partial charge in [-0.15, -0.1) is 0 Å². The Balaban J connectivity index is 2.14. The van der Waals surface area contributed by atoms with Crippen LogP contribution in [0.5, 0.6) is 0 Å². The highest BCUT2D eigenvalue weighted by atomic mass is 32.2. The Morgan fingerprint density at radius 1 is 1.25 bits per heavy atom. The number of nitrogens with one attached hydrogen (secondary N) is 1. The summed E-state index contributed by atoms with van der Waals surface area (Å²) in [6.07, 6.45) is 5.66. The average molecular weight is 292 g/mol. The van der Waals surface area contributed by atoms with Crippen LogP contribution in [0.1, 0.15) is 44.6 Å². The lowest BCUT2D eigenvalue weighted by molar-refractivity contribution is 0.219. The number of hydrogen-bond acceptors (Lipinski definition) is 3. The molecule has 0 amide bonds. The Hall–Kier alpha value is -1.38. The molecule has 0 unspecified atom stereocenters. The maximum Gasteiger partial charge on any atom is 0.241 e. The first-order valence-electron chi connectivity index (χ1n) is 6.96. The highest BCUT2D eigenvalue weighted by molar-refractivity contribution is 7.89. The van der Waals surface area contributed by atoms with Crippen molar-refractivity contribution in [1.82, 2.24) is 4.72 Å². The van der Waals surface area contributed by atoms with Gasteiger partial charge in [0.25, 0.3) is 0 Å². The van der Waals surface area contributed by atoms with Gasteiger partial charge in [-0.1, -0.05) is 38.3 Å². The Kier molecular flexibility index (Phi) is 4.46. The van der Waals surface area contributed by atoms with Crippen LogP contribution in [-0.2, 0) is 10.0 Å². The molecule has 0 radical (unpaired) electrons. The number of nitrogens with zero attached hydrogens (tertiary/aromatic N) is 1. The van der Waals surface area contributed by atoms with Crippen LogP contribution < -0.4 is 4.72 Å². The molecule has 2 rings (SSSR count). The number of hydrogen-bond donors (Lipinski definition) is 1. The van der Waals surface area contributed by atoms with Crippen LogP contribution in [-0.4, -0.2) is 15.0 Å². The van der Waals surface area contributed by atoms with Gasteiger partial charge in [-0.25, -0.2) is 13.1 Å². The molecule has 108 valence electrons. The molecule has 1 aliphatic rings. The number of rotatable bonds is 4. The van der Waals surface area contributed by atoms with E-state index >= 15 is 0 Å². The predicted molar refractivity (Wildman–Crippen MR) is 77.5 cm³/mol. The SMILES string of the molecule is CC1(CNS(=O)(=O)c2ccccc2C#N)CCCCC1. The van der Waals surface area contributed by atoms with Gasteiger partial charge in [0.1, 0.15) is 6.07 Å². The third kappa shape index (κ3) is 3.38. The first-order valence-corrected chi connectivity index (χ1v) is 8.44. The second-order valence-electron chi connectivity index (χ2n) is 5.80.